The van der Waals surface area contributed by atoms with Crippen LogP contribution in [0.15, 0.2) is 5.16 Å². The predicted octanol–water partition coefficient (Wildman–Crippen LogP) is -0.137. The number of carbonyl (C=O) groups excluding carboxylic acids is 2. The fourth-order valence-corrected chi connectivity index (χ4v) is 2.41. The molecule has 0 aliphatic carbocycles. The van der Waals surface area contributed by atoms with Gasteiger partial charge in [-0.25, -0.2) is 0 Å². The molecular formula is C12H22N6O2S. The van der Waals surface area contributed by atoms with Crippen molar-refractivity contribution in [3.8, 4) is 0 Å². The minimum Gasteiger partial charge on any atom is -0.368 e. The summed E-state index contributed by atoms with van der Waals surface area (Å²) in [5.41, 5.74) is 5.57. The molecule has 0 spiro atoms. The number of nitrogens with zero attached hydrogens (tertiary/aromatic N) is 4. The van der Waals surface area contributed by atoms with Gasteiger partial charge >= 0.3 is 0 Å². The number of amides is 2. The van der Waals surface area contributed by atoms with Crippen LogP contribution >= 0.6 is 11.8 Å². The average molecular weight is 314 g/mol. The molecule has 21 heavy (non-hydrogen) atoms. The summed E-state index contributed by atoms with van der Waals surface area (Å²) in [7, 11) is 1.73. The third kappa shape index (κ3) is 5.25. The first-order valence-corrected chi connectivity index (χ1v) is 7.68. The lowest BCUT2D eigenvalue weighted by atomic mass is 10.3. The van der Waals surface area contributed by atoms with Gasteiger partial charge in [0, 0.05) is 19.6 Å². The number of rotatable bonds is 7. The van der Waals surface area contributed by atoms with Crippen molar-refractivity contribution in [3.05, 3.63) is 0 Å². The molecule has 1 rings (SSSR count). The monoisotopic (exact) mass is 314 g/mol. The number of nitrogens with one attached hydrogen (secondary N) is 1. The molecule has 2 amide bonds. The van der Waals surface area contributed by atoms with Crippen LogP contribution in [0.2, 0.25) is 0 Å². The zero-order chi connectivity index (χ0) is 16.0. The molecule has 1 aromatic rings. The Bertz CT molecular complexity index is 502. The van der Waals surface area contributed by atoms with Crippen molar-refractivity contribution >= 4 is 29.5 Å². The Labute approximate surface area is 128 Å². The summed E-state index contributed by atoms with van der Waals surface area (Å²) in [4.78, 5) is 25.3. The second-order valence-electron chi connectivity index (χ2n) is 4.82. The molecule has 0 bridgehead atoms. The van der Waals surface area contributed by atoms with E-state index in [1.54, 1.807) is 11.6 Å². The maximum absolute atomic E-state index is 12.1. The molecule has 0 saturated heterocycles. The van der Waals surface area contributed by atoms with E-state index in [4.69, 9.17) is 5.73 Å². The van der Waals surface area contributed by atoms with Crippen molar-refractivity contribution in [3.63, 3.8) is 0 Å². The summed E-state index contributed by atoms with van der Waals surface area (Å²) in [6, 6.07) is 0.0577. The van der Waals surface area contributed by atoms with E-state index in [1.807, 2.05) is 20.8 Å². The molecule has 0 aromatic carbocycles. The van der Waals surface area contributed by atoms with E-state index in [9.17, 15) is 9.59 Å². The second kappa shape index (κ2) is 7.87. The largest absolute Gasteiger partial charge is 0.368 e. The van der Waals surface area contributed by atoms with Crippen molar-refractivity contribution in [1.29, 1.82) is 0 Å². The standard InChI is InChI=1S/C12H22N6O2S/c1-5-18(6-9(19)14-8(2)3)10(20)7-21-12-16-15-11(13)17(12)4/h8H,5-7H2,1-4H3,(H2,13,15)(H,14,19). The lowest BCUT2D eigenvalue weighted by molar-refractivity contribution is -0.134. The molecule has 9 heteroatoms. The number of thioether (sulfide) groups is 1. The van der Waals surface area contributed by atoms with Crippen LogP contribution in [-0.4, -0.2) is 56.4 Å². The number of hydrogen-bond acceptors (Lipinski definition) is 6. The first-order valence-electron chi connectivity index (χ1n) is 6.70. The SMILES string of the molecule is CCN(CC(=O)NC(C)C)C(=O)CSc1nnc(N)n1C. The van der Waals surface area contributed by atoms with E-state index >= 15 is 0 Å². The van der Waals surface area contributed by atoms with Gasteiger partial charge in [0.25, 0.3) is 0 Å². The minimum absolute atomic E-state index is 0.0577. The smallest absolute Gasteiger partial charge is 0.239 e. The van der Waals surface area contributed by atoms with Gasteiger partial charge in [-0.05, 0) is 20.8 Å². The maximum atomic E-state index is 12.1. The van der Waals surface area contributed by atoms with E-state index in [2.05, 4.69) is 15.5 Å². The highest BCUT2D eigenvalue weighted by atomic mass is 32.2. The van der Waals surface area contributed by atoms with Crippen molar-refractivity contribution in [2.45, 2.75) is 32.0 Å². The molecule has 0 aliphatic rings. The van der Waals surface area contributed by atoms with Gasteiger partial charge in [0.05, 0.1) is 12.3 Å². The third-order valence-corrected chi connectivity index (χ3v) is 3.72. The van der Waals surface area contributed by atoms with E-state index in [-0.39, 0.29) is 30.2 Å². The summed E-state index contributed by atoms with van der Waals surface area (Å²) in [6.07, 6.45) is 0. The molecule has 0 saturated carbocycles. The quantitative estimate of drug-likeness (QED) is 0.679. The highest BCUT2D eigenvalue weighted by Gasteiger charge is 2.17. The molecule has 0 aliphatic heterocycles. The summed E-state index contributed by atoms with van der Waals surface area (Å²) >= 11 is 1.25. The van der Waals surface area contributed by atoms with Crippen LogP contribution in [0.3, 0.4) is 0 Å². The van der Waals surface area contributed by atoms with Gasteiger partial charge in [0.1, 0.15) is 0 Å². The Morgan fingerprint density at radius 3 is 2.57 bits per heavy atom. The van der Waals surface area contributed by atoms with Gasteiger partial charge in [-0.3, -0.25) is 14.2 Å². The fourth-order valence-electron chi connectivity index (χ4n) is 1.59. The molecular weight excluding hydrogens is 292 g/mol. The van der Waals surface area contributed by atoms with Crippen LogP contribution in [-0.2, 0) is 16.6 Å². The molecule has 1 heterocycles. The third-order valence-electron chi connectivity index (χ3n) is 2.71. The van der Waals surface area contributed by atoms with Crippen molar-refractivity contribution < 1.29 is 9.59 Å². The van der Waals surface area contributed by atoms with Crippen LogP contribution in [0.1, 0.15) is 20.8 Å². The van der Waals surface area contributed by atoms with E-state index in [0.717, 1.165) is 0 Å². The van der Waals surface area contributed by atoms with Gasteiger partial charge in [-0.1, -0.05) is 11.8 Å². The average Bonchev–Trinajstić information content (AvgIpc) is 2.72. The maximum Gasteiger partial charge on any atom is 0.239 e. The normalized spacial score (nSPS) is 10.7. The molecule has 118 valence electrons. The molecule has 0 radical (unpaired) electrons. The number of carbonyl (C=O) groups is 2. The lowest BCUT2D eigenvalue weighted by Gasteiger charge is -2.20. The zero-order valence-electron chi connectivity index (χ0n) is 12.8. The van der Waals surface area contributed by atoms with Gasteiger partial charge in [0.15, 0.2) is 5.16 Å². The molecule has 1 aromatic heterocycles. The summed E-state index contributed by atoms with van der Waals surface area (Å²) in [5, 5.41) is 10.9. The van der Waals surface area contributed by atoms with E-state index < -0.39 is 0 Å². The van der Waals surface area contributed by atoms with E-state index in [1.165, 1.54) is 16.7 Å². The van der Waals surface area contributed by atoms with Crippen molar-refractivity contribution in [1.82, 2.24) is 25.0 Å². The first kappa shape index (κ1) is 17.3. The van der Waals surface area contributed by atoms with Crippen LogP contribution in [0.4, 0.5) is 5.95 Å². The number of anilines is 1. The predicted molar refractivity (Wildman–Crippen MR) is 81.7 cm³/mol. The topological polar surface area (TPSA) is 106 Å². The summed E-state index contributed by atoms with van der Waals surface area (Å²) in [5.74, 6) is 0.207. The second-order valence-corrected chi connectivity index (χ2v) is 5.76. The van der Waals surface area contributed by atoms with Crippen molar-refractivity contribution in [2.24, 2.45) is 7.05 Å². The van der Waals surface area contributed by atoms with Gasteiger partial charge in [-0.15, -0.1) is 10.2 Å². The van der Waals surface area contributed by atoms with Gasteiger partial charge in [-0.2, -0.15) is 0 Å². The van der Waals surface area contributed by atoms with Gasteiger partial charge in [0.2, 0.25) is 17.8 Å². The summed E-state index contributed by atoms with van der Waals surface area (Å²) < 4.78 is 1.61. The lowest BCUT2D eigenvalue weighted by Crippen LogP contribution is -2.43. The van der Waals surface area contributed by atoms with Crippen LogP contribution in [0.25, 0.3) is 0 Å². The fraction of sp³-hybridized carbons (Fsp3) is 0.667. The Morgan fingerprint density at radius 2 is 2.10 bits per heavy atom. The molecule has 3 N–H and O–H groups in total. The zero-order valence-corrected chi connectivity index (χ0v) is 13.6. The number of nitrogen functional groups attached to an aromatic ring is 1. The molecule has 0 fully saturated rings. The van der Waals surface area contributed by atoms with Crippen LogP contribution in [0.5, 0.6) is 0 Å². The molecule has 0 unspecified atom stereocenters. The highest BCUT2D eigenvalue weighted by molar-refractivity contribution is 7.99. The van der Waals surface area contributed by atoms with Crippen molar-refractivity contribution in [2.75, 3.05) is 24.6 Å². The molecule has 8 nitrogen and oxygen atoms in total. The van der Waals surface area contributed by atoms with Crippen LogP contribution in [0, 0.1) is 0 Å². The first-order chi connectivity index (χ1) is 9.85. The Hall–Kier alpha value is -1.77. The minimum atomic E-state index is -0.159. The van der Waals surface area contributed by atoms with E-state index in [0.29, 0.717) is 17.6 Å². The summed E-state index contributed by atoms with van der Waals surface area (Å²) in [6.45, 7) is 6.14. The Balaban J connectivity index is 2.51. The number of likely N-dealkylation sites (N-methyl/N-ethyl adjacent to an activating group) is 1. The molecule has 0 atom stereocenters. The van der Waals surface area contributed by atoms with Crippen LogP contribution < -0.4 is 11.1 Å². The van der Waals surface area contributed by atoms with Gasteiger partial charge < -0.3 is 16.0 Å². The Morgan fingerprint density at radius 1 is 1.43 bits per heavy atom. The number of nitrogens with two attached hydrogens (primary N) is 1. The number of aromatic nitrogens is 3. The highest BCUT2D eigenvalue weighted by Crippen LogP contribution is 2.16. The number of hydrogen-bond donors (Lipinski definition) is 2. The Kier molecular flexibility index (Phi) is 6.47.